The van der Waals surface area contributed by atoms with Crippen LogP contribution in [0.3, 0.4) is 0 Å². The first-order valence-electron chi connectivity index (χ1n) is 10.5. The van der Waals surface area contributed by atoms with Crippen LogP contribution in [0, 0.1) is 35.0 Å². The average Bonchev–Trinajstić information content (AvgIpc) is 2.81. The molecule has 0 saturated heterocycles. The molecule has 3 aromatic carbocycles. The van der Waals surface area contributed by atoms with E-state index in [4.69, 9.17) is 4.74 Å². The normalized spacial score (nSPS) is 18.3. The van der Waals surface area contributed by atoms with Crippen LogP contribution in [0.1, 0.15) is 37.2 Å². The molecule has 33 heavy (non-hydrogen) atoms. The lowest BCUT2D eigenvalue weighted by Crippen LogP contribution is -2.20. The topological polar surface area (TPSA) is 49.7 Å². The van der Waals surface area contributed by atoms with Crippen molar-refractivity contribution >= 4 is 0 Å². The molecule has 0 amide bonds. The van der Waals surface area contributed by atoms with E-state index in [1.807, 2.05) is 0 Å². The second-order valence-electron chi connectivity index (χ2n) is 8.24. The standard InChI is InChI=1S/C25H21F5O3/c26-18-11-15(17-7-9-20(32)25(30)23(17)28)5-10-21(18)33-12-13-1-3-14(4-2-13)16-6-8-19(31)24(29)22(16)27/h5-11,13-14,31-32H,1-4,12H2. The molecule has 4 rings (SSSR count). The predicted octanol–water partition coefficient (Wildman–Crippen LogP) is 6.81. The summed E-state index contributed by atoms with van der Waals surface area (Å²) < 4.78 is 75.5. The Hall–Kier alpha value is -3.29. The summed E-state index contributed by atoms with van der Waals surface area (Å²) in [4.78, 5) is 0. The second kappa shape index (κ2) is 9.29. The molecule has 1 fully saturated rings. The summed E-state index contributed by atoms with van der Waals surface area (Å²) in [5.41, 5.74) is 0.149. The molecule has 3 nitrogen and oxygen atoms in total. The zero-order chi connectivity index (χ0) is 23.7. The summed E-state index contributed by atoms with van der Waals surface area (Å²) in [5, 5.41) is 18.5. The Morgan fingerprint density at radius 3 is 2.03 bits per heavy atom. The van der Waals surface area contributed by atoms with Gasteiger partial charge in [0.15, 0.2) is 34.7 Å². The maximum Gasteiger partial charge on any atom is 0.200 e. The smallest absolute Gasteiger partial charge is 0.200 e. The average molecular weight is 464 g/mol. The largest absolute Gasteiger partial charge is 0.505 e. The van der Waals surface area contributed by atoms with Gasteiger partial charge in [0.05, 0.1) is 6.61 Å². The van der Waals surface area contributed by atoms with Crippen LogP contribution >= 0.6 is 0 Å². The molecule has 3 aromatic rings. The van der Waals surface area contributed by atoms with Crippen LogP contribution in [0.4, 0.5) is 22.0 Å². The first-order chi connectivity index (χ1) is 15.8. The molecule has 2 N–H and O–H groups in total. The molecule has 1 aliphatic rings. The summed E-state index contributed by atoms with van der Waals surface area (Å²) in [6.07, 6.45) is 2.54. The first kappa shape index (κ1) is 22.9. The van der Waals surface area contributed by atoms with Crippen molar-refractivity contribution in [1.29, 1.82) is 0 Å². The van der Waals surface area contributed by atoms with E-state index in [0.717, 1.165) is 24.3 Å². The highest BCUT2D eigenvalue weighted by molar-refractivity contribution is 5.66. The molecule has 174 valence electrons. The number of halogens is 5. The van der Waals surface area contributed by atoms with E-state index in [0.29, 0.717) is 25.7 Å². The van der Waals surface area contributed by atoms with E-state index in [2.05, 4.69) is 0 Å². The molecule has 0 heterocycles. The minimum Gasteiger partial charge on any atom is -0.505 e. The molecule has 0 unspecified atom stereocenters. The summed E-state index contributed by atoms with van der Waals surface area (Å²) in [7, 11) is 0. The van der Waals surface area contributed by atoms with Crippen molar-refractivity contribution in [1.82, 2.24) is 0 Å². The van der Waals surface area contributed by atoms with E-state index < -0.39 is 40.6 Å². The predicted molar refractivity (Wildman–Crippen MR) is 112 cm³/mol. The number of hydrogen-bond acceptors (Lipinski definition) is 3. The number of aromatic hydroxyl groups is 2. The molecule has 0 aliphatic heterocycles. The van der Waals surface area contributed by atoms with Crippen molar-refractivity contribution in [3.8, 4) is 28.4 Å². The van der Waals surface area contributed by atoms with Gasteiger partial charge >= 0.3 is 0 Å². The van der Waals surface area contributed by atoms with Gasteiger partial charge in [-0.3, -0.25) is 0 Å². The van der Waals surface area contributed by atoms with Crippen LogP contribution in [0.25, 0.3) is 11.1 Å². The second-order valence-corrected chi connectivity index (χ2v) is 8.24. The van der Waals surface area contributed by atoms with Crippen LogP contribution in [-0.4, -0.2) is 16.8 Å². The maximum atomic E-state index is 14.5. The minimum atomic E-state index is -1.40. The van der Waals surface area contributed by atoms with Gasteiger partial charge in [-0.25, -0.2) is 13.2 Å². The Kier molecular flexibility index (Phi) is 6.44. The molecule has 0 aromatic heterocycles. The Labute approximate surface area is 187 Å². The highest BCUT2D eigenvalue weighted by Crippen LogP contribution is 2.39. The van der Waals surface area contributed by atoms with Crippen molar-refractivity contribution < 1.29 is 36.9 Å². The van der Waals surface area contributed by atoms with Gasteiger partial charge in [-0.2, -0.15) is 8.78 Å². The van der Waals surface area contributed by atoms with E-state index in [1.165, 1.54) is 18.2 Å². The fraction of sp³-hybridized carbons (Fsp3) is 0.280. The van der Waals surface area contributed by atoms with E-state index in [1.54, 1.807) is 0 Å². The summed E-state index contributed by atoms with van der Waals surface area (Å²) in [6.45, 7) is 0.220. The van der Waals surface area contributed by atoms with Crippen molar-refractivity contribution in [2.24, 2.45) is 5.92 Å². The SMILES string of the molecule is Oc1ccc(-c2ccc(OCC3CCC(c4ccc(O)c(F)c4F)CC3)c(F)c2)c(F)c1F. The number of hydrogen-bond donors (Lipinski definition) is 2. The fourth-order valence-electron chi connectivity index (χ4n) is 4.26. The maximum absolute atomic E-state index is 14.5. The first-order valence-corrected chi connectivity index (χ1v) is 10.5. The number of rotatable bonds is 5. The Morgan fingerprint density at radius 2 is 1.36 bits per heavy atom. The van der Waals surface area contributed by atoms with Gasteiger partial charge < -0.3 is 14.9 Å². The summed E-state index contributed by atoms with van der Waals surface area (Å²) >= 11 is 0. The lowest BCUT2D eigenvalue weighted by molar-refractivity contribution is 0.193. The van der Waals surface area contributed by atoms with Crippen LogP contribution in [0.15, 0.2) is 42.5 Å². The van der Waals surface area contributed by atoms with Crippen molar-refractivity contribution in [2.75, 3.05) is 6.61 Å². The van der Waals surface area contributed by atoms with Crippen LogP contribution < -0.4 is 4.74 Å². The van der Waals surface area contributed by atoms with Crippen LogP contribution in [0.5, 0.6) is 17.2 Å². The molecular weight excluding hydrogens is 443 g/mol. The Morgan fingerprint density at radius 1 is 0.727 bits per heavy atom. The molecule has 0 atom stereocenters. The minimum absolute atomic E-state index is 0.0350. The van der Waals surface area contributed by atoms with Crippen LogP contribution in [-0.2, 0) is 0 Å². The third-order valence-corrected chi connectivity index (χ3v) is 6.16. The third-order valence-electron chi connectivity index (χ3n) is 6.16. The van der Waals surface area contributed by atoms with Gasteiger partial charge in [0, 0.05) is 5.56 Å². The highest BCUT2D eigenvalue weighted by atomic mass is 19.2. The lowest BCUT2D eigenvalue weighted by Gasteiger charge is -2.29. The number of benzene rings is 3. The van der Waals surface area contributed by atoms with Crippen molar-refractivity contribution in [3.63, 3.8) is 0 Å². The highest BCUT2D eigenvalue weighted by Gasteiger charge is 2.27. The van der Waals surface area contributed by atoms with Crippen LogP contribution in [0.2, 0.25) is 0 Å². The van der Waals surface area contributed by atoms with E-state index in [-0.39, 0.29) is 40.9 Å². The van der Waals surface area contributed by atoms with Gasteiger partial charge in [-0.15, -0.1) is 0 Å². The Bertz CT molecular complexity index is 1170. The molecule has 0 radical (unpaired) electrons. The molecule has 1 saturated carbocycles. The quantitative estimate of drug-likeness (QED) is 0.408. The van der Waals surface area contributed by atoms with Gasteiger partial charge in [0.2, 0.25) is 11.6 Å². The third kappa shape index (κ3) is 4.60. The number of ether oxygens (including phenoxy) is 1. The number of phenolic OH excluding ortho intramolecular Hbond substituents is 2. The number of phenols is 2. The zero-order valence-corrected chi connectivity index (χ0v) is 17.4. The monoisotopic (exact) mass is 464 g/mol. The van der Waals surface area contributed by atoms with Gasteiger partial charge in [0.1, 0.15) is 0 Å². The van der Waals surface area contributed by atoms with E-state index in [9.17, 15) is 32.2 Å². The zero-order valence-electron chi connectivity index (χ0n) is 17.4. The summed E-state index contributed by atoms with van der Waals surface area (Å²) in [6, 6.07) is 8.45. The molecule has 1 aliphatic carbocycles. The van der Waals surface area contributed by atoms with Gasteiger partial charge in [-0.05, 0) is 79.0 Å². The van der Waals surface area contributed by atoms with Crippen molar-refractivity contribution in [3.05, 3.63) is 77.1 Å². The Balaban J connectivity index is 1.37. The molecule has 0 spiro atoms. The lowest BCUT2D eigenvalue weighted by atomic mass is 9.79. The van der Waals surface area contributed by atoms with Gasteiger partial charge in [0.25, 0.3) is 0 Å². The summed E-state index contributed by atoms with van der Waals surface area (Å²) in [5.74, 6) is -7.35. The molecule has 8 heteroatoms. The molecular formula is C25H21F5O3. The van der Waals surface area contributed by atoms with Gasteiger partial charge in [-0.1, -0.05) is 12.1 Å². The van der Waals surface area contributed by atoms with E-state index >= 15 is 0 Å². The fourth-order valence-corrected chi connectivity index (χ4v) is 4.26. The molecule has 0 bridgehead atoms. The van der Waals surface area contributed by atoms with Crippen molar-refractivity contribution in [2.45, 2.75) is 31.6 Å².